The van der Waals surface area contributed by atoms with Gasteiger partial charge in [0.25, 0.3) is 0 Å². The Bertz CT molecular complexity index is 321. The lowest BCUT2D eigenvalue weighted by Crippen LogP contribution is -2.39. The van der Waals surface area contributed by atoms with Gasteiger partial charge < -0.3 is 5.32 Å². The third-order valence-electron chi connectivity index (χ3n) is 2.28. The summed E-state index contributed by atoms with van der Waals surface area (Å²) in [7, 11) is -3.41. The van der Waals surface area contributed by atoms with E-state index in [1.807, 2.05) is 0 Å². The van der Waals surface area contributed by atoms with Crippen LogP contribution < -0.4 is 10.0 Å². The minimum Gasteiger partial charge on any atom is -0.355 e. The average molecular weight is 204 g/mol. The third kappa shape index (κ3) is 1.83. The standard InChI is InChI=1S/C7H12N2O3S/c10-7-6(3-4-8-7)13(11,12)9-5-1-2-5/h5-6,9H,1-4H2,(H,8,10). The van der Waals surface area contributed by atoms with Crippen molar-refractivity contribution in [1.29, 1.82) is 0 Å². The Morgan fingerprint density at radius 2 is 2.00 bits per heavy atom. The van der Waals surface area contributed by atoms with Crippen molar-refractivity contribution in [3.05, 3.63) is 0 Å². The smallest absolute Gasteiger partial charge is 0.239 e. The molecule has 74 valence electrons. The number of nitrogens with one attached hydrogen (secondary N) is 2. The molecule has 0 aromatic heterocycles. The van der Waals surface area contributed by atoms with Gasteiger partial charge in [-0.2, -0.15) is 0 Å². The van der Waals surface area contributed by atoms with E-state index in [1.165, 1.54) is 0 Å². The highest BCUT2D eigenvalue weighted by Gasteiger charge is 2.39. The van der Waals surface area contributed by atoms with Crippen molar-refractivity contribution in [3.63, 3.8) is 0 Å². The molecule has 0 radical (unpaired) electrons. The van der Waals surface area contributed by atoms with Crippen LogP contribution in [-0.2, 0) is 14.8 Å². The normalized spacial score (nSPS) is 28.9. The Morgan fingerprint density at radius 1 is 1.31 bits per heavy atom. The first kappa shape index (κ1) is 8.96. The van der Waals surface area contributed by atoms with Crippen LogP contribution in [0.5, 0.6) is 0 Å². The highest BCUT2D eigenvalue weighted by atomic mass is 32.2. The molecule has 1 amide bonds. The monoisotopic (exact) mass is 204 g/mol. The fourth-order valence-electron chi connectivity index (χ4n) is 1.38. The molecule has 1 unspecified atom stereocenters. The van der Waals surface area contributed by atoms with Crippen LogP contribution in [0, 0.1) is 0 Å². The van der Waals surface area contributed by atoms with Crippen LogP contribution in [-0.4, -0.2) is 32.2 Å². The van der Waals surface area contributed by atoms with E-state index in [1.54, 1.807) is 0 Å². The van der Waals surface area contributed by atoms with Gasteiger partial charge in [-0.25, -0.2) is 13.1 Å². The molecule has 0 bridgehead atoms. The first-order valence-corrected chi connectivity index (χ1v) is 5.93. The maximum absolute atomic E-state index is 11.5. The zero-order chi connectivity index (χ0) is 9.47. The topological polar surface area (TPSA) is 75.3 Å². The minimum atomic E-state index is -3.41. The molecule has 2 rings (SSSR count). The molecule has 1 atom stereocenters. The van der Waals surface area contributed by atoms with Gasteiger partial charge in [-0.3, -0.25) is 4.79 Å². The lowest BCUT2D eigenvalue weighted by atomic mass is 10.4. The molecule has 2 aliphatic rings. The van der Waals surface area contributed by atoms with E-state index in [0.29, 0.717) is 13.0 Å². The summed E-state index contributed by atoms with van der Waals surface area (Å²) >= 11 is 0. The van der Waals surface area contributed by atoms with Gasteiger partial charge in [0.15, 0.2) is 5.25 Å². The van der Waals surface area contributed by atoms with Gasteiger partial charge in [0.05, 0.1) is 0 Å². The summed E-state index contributed by atoms with van der Waals surface area (Å²) in [5.74, 6) is -0.367. The quantitative estimate of drug-likeness (QED) is 0.616. The van der Waals surface area contributed by atoms with Crippen molar-refractivity contribution in [1.82, 2.24) is 10.0 Å². The van der Waals surface area contributed by atoms with Crippen molar-refractivity contribution >= 4 is 15.9 Å². The molecule has 0 aromatic carbocycles. The molecule has 2 fully saturated rings. The number of sulfonamides is 1. The largest absolute Gasteiger partial charge is 0.355 e. The molecule has 6 heteroatoms. The van der Waals surface area contributed by atoms with Crippen LogP contribution in [0.1, 0.15) is 19.3 Å². The van der Waals surface area contributed by atoms with Gasteiger partial charge >= 0.3 is 0 Å². The SMILES string of the molecule is O=C1NCCC1S(=O)(=O)NC1CC1. The first-order chi connectivity index (χ1) is 6.09. The van der Waals surface area contributed by atoms with E-state index in [-0.39, 0.29) is 11.9 Å². The maximum Gasteiger partial charge on any atom is 0.239 e. The van der Waals surface area contributed by atoms with Crippen LogP contribution in [0.25, 0.3) is 0 Å². The fourth-order valence-corrected chi connectivity index (χ4v) is 3.04. The molecule has 1 heterocycles. The molecule has 5 nitrogen and oxygen atoms in total. The van der Waals surface area contributed by atoms with Gasteiger partial charge in [-0.05, 0) is 19.3 Å². The van der Waals surface area contributed by atoms with Crippen LogP contribution in [0.4, 0.5) is 0 Å². The number of rotatable bonds is 3. The van der Waals surface area contributed by atoms with Crippen molar-refractivity contribution in [2.45, 2.75) is 30.6 Å². The summed E-state index contributed by atoms with van der Waals surface area (Å²) < 4.78 is 25.6. The van der Waals surface area contributed by atoms with E-state index in [2.05, 4.69) is 10.0 Å². The number of hydrogen-bond acceptors (Lipinski definition) is 3. The summed E-state index contributed by atoms with van der Waals surface area (Å²) in [6.07, 6.45) is 2.18. The molecular formula is C7H12N2O3S. The van der Waals surface area contributed by atoms with Gasteiger partial charge in [0, 0.05) is 12.6 Å². The Labute approximate surface area is 76.9 Å². The summed E-state index contributed by atoms with van der Waals surface area (Å²) in [6, 6.07) is 0.0819. The van der Waals surface area contributed by atoms with E-state index < -0.39 is 15.3 Å². The number of amides is 1. The second kappa shape index (κ2) is 2.95. The Kier molecular flexibility index (Phi) is 2.03. The highest BCUT2D eigenvalue weighted by molar-refractivity contribution is 7.90. The van der Waals surface area contributed by atoms with Crippen LogP contribution in [0.3, 0.4) is 0 Å². The van der Waals surface area contributed by atoms with Gasteiger partial charge in [0.1, 0.15) is 0 Å². The van der Waals surface area contributed by atoms with Crippen molar-refractivity contribution in [2.75, 3.05) is 6.54 Å². The third-order valence-corrected chi connectivity index (χ3v) is 4.14. The predicted molar refractivity (Wildman–Crippen MR) is 46.5 cm³/mol. The highest BCUT2D eigenvalue weighted by Crippen LogP contribution is 2.22. The Hall–Kier alpha value is -0.620. The van der Waals surface area contributed by atoms with E-state index in [0.717, 1.165) is 12.8 Å². The molecular weight excluding hydrogens is 192 g/mol. The fraction of sp³-hybridized carbons (Fsp3) is 0.857. The molecule has 2 N–H and O–H groups in total. The first-order valence-electron chi connectivity index (χ1n) is 4.38. The summed E-state index contributed by atoms with van der Waals surface area (Å²) in [5, 5.41) is 1.64. The van der Waals surface area contributed by atoms with E-state index in [9.17, 15) is 13.2 Å². The van der Waals surface area contributed by atoms with Gasteiger partial charge in [-0.1, -0.05) is 0 Å². The Balaban J connectivity index is 2.08. The average Bonchev–Trinajstić information content (AvgIpc) is 2.69. The molecule has 0 spiro atoms. The second-order valence-electron chi connectivity index (χ2n) is 3.51. The molecule has 1 aliphatic carbocycles. The lowest BCUT2D eigenvalue weighted by molar-refractivity contribution is -0.118. The number of carbonyl (C=O) groups excluding carboxylic acids is 1. The summed E-state index contributed by atoms with van der Waals surface area (Å²) in [4.78, 5) is 11.1. The molecule has 1 saturated carbocycles. The van der Waals surface area contributed by atoms with E-state index in [4.69, 9.17) is 0 Å². The maximum atomic E-state index is 11.5. The zero-order valence-corrected chi connectivity index (χ0v) is 7.93. The van der Waals surface area contributed by atoms with Crippen LogP contribution in [0.15, 0.2) is 0 Å². The second-order valence-corrected chi connectivity index (χ2v) is 5.40. The number of hydrogen-bond donors (Lipinski definition) is 2. The van der Waals surface area contributed by atoms with Crippen molar-refractivity contribution in [3.8, 4) is 0 Å². The summed E-state index contributed by atoms with van der Waals surface area (Å²) in [6.45, 7) is 0.467. The number of carbonyl (C=O) groups is 1. The van der Waals surface area contributed by atoms with E-state index >= 15 is 0 Å². The Morgan fingerprint density at radius 3 is 2.46 bits per heavy atom. The zero-order valence-electron chi connectivity index (χ0n) is 7.12. The summed E-state index contributed by atoms with van der Waals surface area (Å²) in [5.41, 5.74) is 0. The molecule has 1 aliphatic heterocycles. The van der Waals surface area contributed by atoms with Crippen LogP contribution in [0.2, 0.25) is 0 Å². The van der Waals surface area contributed by atoms with Crippen LogP contribution >= 0.6 is 0 Å². The van der Waals surface area contributed by atoms with Crippen molar-refractivity contribution < 1.29 is 13.2 Å². The van der Waals surface area contributed by atoms with Gasteiger partial charge in [0.2, 0.25) is 15.9 Å². The molecule has 1 saturated heterocycles. The minimum absolute atomic E-state index is 0.0819. The van der Waals surface area contributed by atoms with Gasteiger partial charge in [-0.15, -0.1) is 0 Å². The predicted octanol–water partition coefficient (Wildman–Crippen LogP) is -1.04. The molecule has 0 aromatic rings. The molecule has 13 heavy (non-hydrogen) atoms. The lowest BCUT2D eigenvalue weighted by Gasteiger charge is -2.08. The van der Waals surface area contributed by atoms with Crippen molar-refractivity contribution in [2.24, 2.45) is 0 Å².